The third-order valence-electron chi connectivity index (χ3n) is 3.41. The Hall–Kier alpha value is -2.74. The third-order valence-corrected chi connectivity index (χ3v) is 4.24. The second-order valence-corrected chi connectivity index (χ2v) is 6.07. The lowest BCUT2D eigenvalue weighted by Gasteiger charge is -2.08. The first-order valence-corrected chi connectivity index (χ1v) is 8.11. The van der Waals surface area contributed by atoms with Gasteiger partial charge in [0.25, 0.3) is 5.91 Å². The zero-order chi connectivity index (χ0) is 17.9. The van der Waals surface area contributed by atoms with Gasteiger partial charge in [-0.1, -0.05) is 12.1 Å². The first-order valence-electron chi connectivity index (χ1n) is 7.23. The number of nitrogens with zero attached hydrogens (tertiary/aromatic N) is 2. The minimum absolute atomic E-state index is 0.421. The van der Waals surface area contributed by atoms with Gasteiger partial charge in [0.1, 0.15) is 4.88 Å². The zero-order valence-electron chi connectivity index (χ0n) is 12.7. The van der Waals surface area contributed by atoms with E-state index in [9.17, 15) is 18.0 Å². The van der Waals surface area contributed by atoms with Crippen LogP contribution in [-0.4, -0.2) is 15.9 Å². The first kappa shape index (κ1) is 17.1. The Kier molecular flexibility index (Phi) is 4.80. The molecule has 0 spiro atoms. The summed E-state index contributed by atoms with van der Waals surface area (Å²) in [7, 11) is 0. The molecule has 3 aromatic rings. The van der Waals surface area contributed by atoms with Gasteiger partial charge in [-0.25, -0.2) is 4.98 Å². The molecule has 2 aromatic heterocycles. The highest BCUT2D eigenvalue weighted by atomic mass is 32.1. The summed E-state index contributed by atoms with van der Waals surface area (Å²) in [5, 5.41) is 2.47. The number of hydrogen-bond donors (Lipinski definition) is 1. The van der Waals surface area contributed by atoms with Crippen LogP contribution in [0.25, 0.3) is 0 Å². The van der Waals surface area contributed by atoms with Gasteiger partial charge in [-0.05, 0) is 41.8 Å². The predicted octanol–water partition coefficient (Wildman–Crippen LogP) is 4.40. The standard InChI is InChI=1S/C17H12F3N3OS/c18-17(19,20)15-14(25-10-22-15)16(24)23-13-3-1-11(2-4-13)9-12-5-7-21-8-6-12/h1-8,10H,9H2,(H,23,24). The number of aromatic nitrogens is 2. The number of amides is 1. The Morgan fingerprint density at radius 3 is 2.32 bits per heavy atom. The molecule has 0 saturated heterocycles. The molecule has 1 aromatic carbocycles. The molecule has 0 radical (unpaired) electrons. The Morgan fingerprint density at radius 1 is 1.04 bits per heavy atom. The van der Waals surface area contributed by atoms with Gasteiger partial charge >= 0.3 is 6.18 Å². The molecule has 0 aliphatic carbocycles. The maximum Gasteiger partial charge on any atom is 0.434 e. The number of thiazole rings is 1. The van der Waals surface area contributed by atoms with Crippen LogP contribution in [0.1, 0.15) is 26.5 Å². The quantitative estimate of drug-likeness (QED) is 0.747. The monoisotopic (exact) mass is 363 g/mol. The molecule has 1 N–H and O–H groups in total. The summed E-state index contributed by atoms with van der Waals surface area (Å²) in [6.07, 6.45) is -0.542. The van der Waals surface area contributed by atoms with Gasteiger partial charge in [0.2, 0.25) is 0 Å². The van der Waals surface area contributed by atoms with E-state index in [0.717, 1.165) is 16.6 Å². The highest BCUT2D eigenvalue weighted by molar-refractivity contribution is 7.12. The number of hydrogen-bond acceptors (Lipinski definition) is 4. The Labute approximate surface area is 145 Å². The van der Waals surface area contributed by atoms with Crippen LogP contribution in [0, 0.1) is 0 Å². The predicted molar refractivity (Wildman–Crippen MR) is 88.6 cm³/mol. The SMILES string of the molecule is O=C(Nc1ccc(Cc2ccncc2)cc1)c1scnc1C(F)(F)F. The average Bonchev–Trinajstić information content (AvgIpc) is 3.08. The van der Waals surface area contributed by atoms with Crippen LogP contribution >= 0.6 is 11.3 Å². The van der Waals surface area contributed by atoms with Gasteiger partial charge in [-0.15, -0.1) is 11.3 Å². The van der Waals surface area contributed by atoms with Crippen molar-refractivity contribution in [2.75, 3.05) is 5.32 Å². The summed E-state index contributed by atoms with van der Waals surface area (Å²) < 4.78 is 38.4. The van der Waals surface area contributed by atoms with Gasteiger partial charge in [0, 0.05) is 18.1 Å². The molecule has 0 bridgehead atoms. The molecular weight excluding hydrogens is 351 g/mol. The van der Waals surface area contributed by atoms with Crippen LogP contribution in [-0.2, 0) is 12.6 Å². The summed E-state index contributed by atoms with van der Waals surface area (Å²) in [6.45, 7) is 0. The highest BCUT2D eigenvalue weighted by Crippen LogP contribution is 2.33. The van der Waals surface area contributed by atoms with E-state index in [2.05, 4.69) is 15.3 Å². The summed E-state index contributed by atoms with van der Waals surface area (Å²) in [6, 6.07) is 10.7. The Morgan fingerprint density at radius 2 is 1.68 bits per heavy atom. The maximum absolute atomic E-state index is 12.8. The van der Waals surface area contributed by atoms with E-state index in [4.69, 9.17) is 0 Å². The van der Waals surface area contributed by atoms with Crippen LogP contribution in [0.5, 0.6) is 0 Å². The van der Waals surface area contributed by atoms with Crippen molar-refractivity contribution in [1.29, 1.82) is 0 Å². The van der Waals surface area contributed by atoms with E-state index in [1.165, 1.54) is 0 Å². The fraction of sp³-hybridized carbons (Fsp3) is 0.118. The number of halogens is 3. The Bertz CT molecular complexity index is 861. The molecule has 2 heterocycles. The van der Waals surface area contributed by atoms with Crippen molar-refractivity contribution in [2.45, 2.75) is 12.6 Å². The lowest BCUT2D eigenvalue weighted by Crippen LogP contribution is -2.17. The van der Waals surface area contributed by atoms with Crippen molar-refractivity contribution in [2.24, 2.45) is 0 Å². The molecule has 0 unspecified atom stereocenters. The molecule has 8 heteroatoms. The van der Waals surface area contributed by atoms with E-state index in [0.29, 0.717) is 23.4 Å². The smallest absolute Gasteiger partial charge is 0.321 e. The lowest BCUT2D eigenvalue weighted by atomic mass is 10.1. The zero-order valence-corrected chi connectivity index (χ0v) is 13.6. The average molecular weight is 363 g/mol. The van der Waals surface area contributed by atoms with Crippen molar-refractivity contribution in [3.8, 4) is 0 Å². The van der Waals surface area contributed by atoms with Crippen molar-refractivity contribution in [3.05, 3.63) is 76.0 Å². The summed E-state index contributed by atoms with van der Waals surface area (Å²) in [5.74, 6) is -0.822. The molecule has 3 rings (SSSR count). The van der Waals surface area contributed by atoms with E-state index in [-0.39, 0.29) is 0 Å². The maximum atomic E-state index is 12.8. The van der Waals surface area contributed by atoms with Gasteiger partial charge in [-0.2, -0.15) is 13.2 Å². The van der Waals surface area contributed by atoms with Crippen molar-refractivity contribution < 1.29 is 18.0 Å². The van der Waals surface area contributed by atoms with Gasteiger partial charge < -0.3 is 5.32 Å². The summed E-state index contributed by atoms with van der Waals surface area (Å²) in [4.78, 5) is 18.8. The fourth-order valence-electron chi connectivity index (χ4n) is 2.24. The van der Waals surface area contributed by atoms with Crippen LogP contribution < -0.4 is 5.32 Å². The van der Waals surface area contributed by atoms with Crippen LogP contribution in [0.4, 0.5) is 18.9 Å². The number of carbonyl (C=O) groups excluding carboxylic acids is 1. The fourth-order valence-corrected chi connectivity index (χ4v) is 2.94. The van der Waals surface area contributed by atoms with E-state index in [1.54, 1.807) is 24.5 Å². The van der Waals surface area contributed by atoms with Crippen LogP contribution in [0.15, 0.2) is 54.3 Å². The number of alkyl halides is 3. The van der Waals surface area contributed by atoms with Gasteiger partial charge in [0.15, 0.2) is 5.69 Å². The Balaban J connectivity index is 1.70. The van der Waals surface area contributed by atoms with Gasteiger partial charge in [-0.3, -0.25) is 9.78 Å². The molecule has 0 saturated carbocycles. The highest BCUT2D eigenvalue weighted by Gasteiger charge is 2.38. The van der Waals surface area contributed by atoms with E-state index >= 15 is 0 Å². The topological polar surface area (TPSA) is 54.9 Å². The minimum atomic E-state index is -4.65. The molecule has 0 aliphatic rings. The number of carbonyl (C=O) groups is 1. The second-order valence-electron chi connectivity index (χ2n) is 5.21. The molecule has 0 fully saturated rings. The van der Waals surface area contributed by atoms with Crippen molar-refractivity contribution >= 4 is 22.9 Å². The van der Waals surface area contributed by atoms with Crippen LogP contribution in [0.3, 0.4) is 0 Å². The van der Waals surface area contributed by atoms with Gasteiger partial charge in [0.05, 0.1) is 5.51 Å². The molecule has 4 nitrogen and oxygen atoms in total. The van der Waals surface area contributed by atoms with E-state index < -0.39 is 22.7 Å². The number of benzene rings is 1. The molecule has 25 heavy (non-hydrogen) atoms. The van der Waals surface area contributed by atoms with Crippen molar-refractivity contribution in [3.63, 3.8) is 0 Å². The lowest BCUT2D eigenvalue weighted by molar-refractivity contribution is -0.141. The largest absolute Gasteiger partial charge is 0.434 e. The minimum Gasteiger partial charge on any atom is -0.321 e. The van der Waals surface area contributed by atoms with Crippen molar-refractivity contribution in [1.82, 2.24) is 9.97 Å². The first-order chi connectivity index (χ1) is 11.9. The molecule has 0 atom stereocenters. The number of anilines is 1. The molecule has 0 aliphatic heterocycles. The number of pyridine rings is 1. The second kappa shape index (κ2) is 7.02. The molecule has 1 amide bonds. The molecule has 128 valence electrons. The molecular formula is C17H12F3N3OS. The number of nitrogens with one attached hydrogen (secondary N) is 1. The summed E-state index contributed by atoms with van der Waals surface area (Å²) >= 11 is 0.660. The summed E-state index contributed by atoms with van der Waals surface area (Å²) in [5.41, 5.74) is 2.37. The number of rotatable bonds is 4. The third kappa shape index (κ3) is 4.21. The normalized spacial score (nSPS) is 11.3. The van der Waals surface area contributed by atoms with E-state index in [1.807, 2.05) is 24.3 Å². The van der Waals surface area contributed by atoms with Crippen LogP contribution in [0.2, 0.25) is 0 Å².